The van der Waals surface area contributed by atoms with Gasteiger partial charge in [0.25, 0.3) is 0 Å². The van der Waals surface area contributed by atoms with Gasteiger partial charge in [-0.25, -0.2) is 0 Å². The van der Waals surface area contributed by atoms with Crippen LogP contribution in [-0.4, -0.2) is 12.6 Å². The molecule has 0 bridgehead atoms. The lowest BCUT2D eigenvalue weighted by Crippen LogP contribution is -2.12. The van der Waals surface area contributed by atoms with Crippen molar-refractivity contribution in [1.82, 2.24) is 5.43 Å². The maximum absolute atomic E-state index is 4.21. The molecule has 0 amide bonds. The van der Waals surface area contributed by atoms with Crippen LogP contribution in [0.5, 0.6) is 0 Å². The highest BCUT2D eigenvalue weighted by Gasteiger charge is 2.06. The molecule has 1 aromatic carbocycles. The number of nitrogens with zero attached hydrogens (tertiary/aromatic N) is 2. The summed E-state index contributed by atoms with van der Waals surface area (Å²) in [6.45, 7) is 0. The van der Waals surface area contributed by atoms with Crippen molar-refractivity contribution in [1.29, 1.82) is 0 Å². The summed E-state index contributed by atoms with van der Waals surface area (Å²) in [4.78, 5) is 4.21. The Morgan fingerprint density at radius 1 is 1.17 bits per heavy atom. The van der Waals surface area contributed by atoms with Gasteiger partial charge in [0, 0.05) is 0 Å². The minimum Gasteiger partial charge on any atom is -0.268 e. The molecule has 0 fully saturated rings. The van der Waals surface area contributed by atoms with Gasteiger partial charge < -0.3 is 0 Å². The topological polar surface area (TPSA) is 36.8 Å². The number of nitrogens with one attached hydrogen (secondary N) is 1. The number of hydrogen-bond acceptors (Lipinski definition) is 3. The molecule has 1 aliphatic heterocycles. The predicted molar refractivity (Wildman–Crippen MR) is 49.3 cm³/mol. The molecule has 0 saturated carbocycles. The molecular formula is C9H9N3. The van der Waals surface area contributed by atoms with Gasteiger partial charge in [0.05, 0.1) is 6.21 Å². The summed E-state index contributed by atoms with van der Waals surface area (Å²) in [5.41, 5.74) is 3.83. The molecule has 1 unspecified atom stereocenters. The zero-order valence-corrected chi connectivity index (χ0v) is 6.51. The Hall–Kier alpha value is -1.64. The maximum atomic E-state index is 4.21. The third-order valence-electron chi connectivity index (χ3n) is 1.72. The minimum atomic E-state index is 0.0763. The molecular weight excluding hydrogens is 150 g/mol. The number of hydrazone groups is 1. The Kier molecular flexibility index (Phi) is 1.86. The van der Waals surface area contributed by atoms with Gasteiger partial charge in [-0.1, -0.05) is 30.3 Å². The van der Waals surface area contributed by atoms with E-state index in [2.05, 4.69) is 15.5 Å². The maximum Gasteiger partial charge on any atom is 0.114 e. The molecule has 3 heteroatoms. The van der Waals surface area contributed by atoms with Crippen LogP contribution >= 0.6 is 0 Å². The lowest BCUT2D eigenvalue weighted by molar-refractivity contribution is 0.900. The molecule has 3 nitrogen and oxygen atoms in total. The molecule has 1 aromatic rings. The first-order valence-electron chi connectivity index (χ1n) is 3.82. The summed E-state index contributed by atoms with van der Waals surface area (Å²) in [6.07, 6.45) is 3.40. The van der Waals surface area contributed by atoms with Crippen molar-refractivity contribution in [2.75, 3.05) is 0 Å². The summed E-state index contributed by atoms with van der Waals surface area (Å²) in [6, 6.07) is 10.2. The van der Waals surface area contributed by atoms with Crippen LogP contribution in [0.15, 0.2) is 40.4 Å². The van der Waals surface area contributed by atoms with Gasteiger partial charge >= 0.3 is 0 Å². The summed E-state index contributed by atoms with van der Waals surface area (Å²) in [7, 11) is 0. The Labute approximate surface area is 70.8 Å². The third kappa shape index (κ3) is 1.34. The van der Waals surface area contributed by atoms with Crippen LogP contribution in [0, 0.1) is 0 Å². The van der Waals surface area contributed by atoms with E-state index in [0.717, 1.165) is 0 Å². The van der Waals surface area contributed by atoms with Gasteiger partial charge in [0.1, 0.15) is 12.4 Å². The molecule has 1 aliphatic rings. The lowest BCUT2D eigenvalue weighted by Gasteiger charge is -2.09. The summed E-state index contributed by atoms with van der Waals surface area (Å²) in [5.74, 6) is 0. The number of rotatable bonds is 1. The van der Waals surface area contributed by atoms with Crippen LogP contribution in [0.1, 0.15) is 11.6 Å². The second kappa shape index (κ2) is 3.17. The average molecular weight is 159 g/mol. The van der Waals surface area contributed by atoms with E-state index >= 15 is 0 Å². The Bertz CT molecular complexity index is 291. The SMILES string of the molecule is C1=NNC=NC1c1ccccc1. The van der Waals surface area contributed by atoms with Crippen molar-refractivity contribution in [3.05, 3.63) is 35.9 Å². The fourth-order valence-corrected chi connectivity index (χ4v) is 1.12. The van der Waals surface area contributed by atoms with Gasteiger partial charge in [0.15, 0.2) is 0 Å². The lowest BCUT2D eigenvalue weighted by atomic mass is 10.1. The Balaban J connectivity index is 2.25. The van der Waals surface area contributed by atoms with E-state index in [1.807, 2.05) is 30.3 Å². The van der Waals surface area contributed by atoms with Gasteiger partial charge in [-0.2, -0.15) is 5.10 Å². The van der Waals surface area contributed by atoms with E-state index in [9.17, 15) is 0 Å². The van der Waals surface area contributed by atoms with E-state index in [4.69, 9.17) is 0 Å². The van der Waals surface area contributed by atoms with Crippen molar-refractivity contribution in [3.8, 4) is 0 Å². The fourth-order valence-electron chi connectivity index (χ4n) is 1.12. The van der Waals surface area contributed by atoms with Crippen molar-refractivity contribution < 1.29 is 0 Å². The Morgan fingerprint density at radius 2 is 2.00 bits per heavy atom. The first kappa shape index (κ1) is 7.03. The fraction of sp³-hybridized carbons (Fsp3) is 0.111. The monoisotopic (exact) mass is 159 g/mol. The van der Waals surface area contributed by atoms with Crippen LogP contribution in [0.3, 0.4) is 0 Å². The molecule has 2 rings (SSSR count). The van der Waals surface area contributed by atoms with E-state index < -0.39 is 0 Å². The molecule has 0 aromatic heterocycles. The van der Waals surface area contributed by atoms with Gasteiger partial charge in [-0.3, -0.25) is 10.4 Å². The number of benzene rings is 1. The van der Waals surface area contributed by atoms with Crippen molar-refractivity contribution in [2.45, 2.75) is 6.04 Å². The third-order valence-corrected chi connectivity index (χ3v) is 1.72. The number of aliphatic imine (C=N–C) groups is 1. The molecule has 0 saturated heterocycles. The highest BCUT2D eigenvalue weighted by molar-refractivity contribution is 5.74. The van der Waals surface area contributed by atoms with Crippen LogP contribution in [0.25, 0.3) is 0 Å². The molecule has 60 valence electrons. The second-order valence-electron chi connectivity index (χ2n) is 2.54. The predicted octanol–water partition coefficient (Wildman–Crippen LogP) is 1.34. The highest BCUT2D eigenvalue weighted by Crippen LogP contribution is 2.14. The standard InChI is InChI=1S/C9H9N3/c1-2-4-8(5-3-1)9-6-11-12-7-10-9/h1-7,9H,(H,10,12). The quantitative estimate of drug-likeness (QED) is 0.659. The molecule has 0 spiro atoms. The smallest absolute Gasteiger partial charge is 0.114 e. The molecule has 1 heterocycles. The second-order valence-corrected chi connectivity index (χ2v) is 2.54. The Morgan fingerprint density at radius 3 is 2.67 bits per heavy atom. The first-order chi connectivity index (χ1) is 5.97. The average Bonchev–Trinajstić information content (AvgIpc) is 2.21. The van der Waals surface area contributed by atoms with E-state index in [1.54, 1.807) is 12.6 Å². The van der Waals surface area contributed by atoms with Crippen molar-refractivity contribution in [3.63, 3.8) is 0 Å². The number of hydrogen-bond donors (Lipinski definition) is 1. The van der Waals surface area contributed by atoms with Crippen LogP contribution < -0.4 is 5.43 Å². The van der Waals surface area contributed by atoms with Crippen LogP contribution in [0.4, 0.5) is 0 Å². The zero-order chi connectivity index (χ0) is 8.23. The van der Waals surface area contributed by atoms with E-state index in [1.165, 1.54) is 5.56 Å². The summed E-state index contributed by atoms with van der Waals surface area (Å²) < 4.78 is 0. The zero-order valence-electron chi connectivity index (χ0n) is 6.51. The largest absolute Gasteiger partial charge is 0.268 e. The molecule has 12 heavy (non-hydrogen) atoms. The van der Waals surface area contributed by atoms with Crippen LogP contribution in [0.2, 0.25) is 0 Å². The molecule has 0 aliphatic carbocycles. The van der Waals surface area contributed by atoms with Crippen LogP contribution in [-0.2, 0) is 0 Å². The first-order valence-corrected chi connectivity index (χ1v) is 3.82. The van der Waals surface area contributed by atoms with Crippen molar-refractivity contribution >= 4 is 12.6 Å². The van der Waals surface area contributed by atoms with Gasteiger partial charge in [0.2, 0.25) is 0 Å². The van der Waals surface area contributed by atoms with E-state index in [0.29, 0.717) is 0 Å². The summed E-state index contributed by atoms with van der Waals surface area (Å²) >= 11 is 0. The molecule has 0 radical (unpaired) electrons. The normalized spacial score (nSPS) is 20.5. The van der Waals surface area contributed by atoms with Gasteiger partial charge in [-0.05, 0) is 5.56 Å². The highest BCUT2D eigenvalue weighted by atomic mass is 15.3. The van der Waals surface area contributed by atoms with Gasteiger partial charge in [-0.15, -0.1) is 0 Å². The molecule has 1 atom stereocenters. The van der Waals surface area contributed by atoms with E-state index in [-0.39, 0.29) is 6.04 Å². The molecule has 1 N–H and O–H groups in total. The van der Waals surface area contributed by atoms with Crippen molar-refractivity contribution in [2.24, 2.45) is 10.1 Å². The summed E-state index contributed by atoms with van der Waals surface area (Å²) in [5, 5.41) is 3.91. The minimum absolute atomic E-state index is 0.0763.